The molecule has 0 aromatic carbocycles. The monoisotopic (exact) mass is 332 g/mol. The van der Waals surface area contributed by atoms with E-state index in [2.05, 4.69) is 20.8 Å². The second-order valence-corrected chi connectivity index (χ2v) is 6.78. The van der Waals surface area contributed by atoms with E-state index in [9.17, 15) is 9.59 Å². The maximum atomic E-state index is 11.9. The van der Waals surface area contributed by atoms with Crippen molar-refractivity contribution in [2.75, 3.05) is 6.61 Å². The number of esters is 1. The zero-order valence-electron chi connectivity index (χ0n) is 14.4. The fourth-order valence-electron chi connectivity index (χ4n) is 3.04. The summed E-state index contributed by atoms with van der Waals surface area (Å²) >= 11 is 0. The Morgan fingerprint density at radius 1 is 1.46 bits per heavy atom. The molecule has 5 heteroatoms. The van der Waals surface area contributed by atoms with Gasteiger partial charge in [-0.05, 0) is 37.2 Å². The predicted octanol–water partition coefficient (Wildman–Crippen LogP) is 3.51. The molecule has 1 aliphatic carbocycles. The second kappa shape index (κ2) is 7.51. The first-order valence-electron chi connectivity index (χ1n) is 8.15. The lowest BCUT2D eigenvalue weighted by molar-refractivity contribution is -0.137. The van der Waals surface area contributed by atoms with Gasteiger partial charge in [0.25, 0.3) is 0 Å². The molecule has 0 amide bonds. The second-order valence-electron chi connectivity index (χ2n) is 6.78. The highest BCUT2D eigenvalue weighted by atomic mass is 16.5. The van der Waals surface area contributed by atoms with Gasteiger partial charge >= 0.3 is 5.97 Å². The average molecular weight is 332 g/mol. The van der Waals surface area contributed by atoms with Crippen LogP contribution in [0.3, 0.4) is 0 Å². The van der Waals surface area contributed by atoms with Crippen LogP contribution in [0.4, 0.5) is 0 Å². The van der Waals surface area contributed by atoms with Crippen LogP contribution < -0.4 is 5.43 Å². The summed E-state index contributed by atoms with van der Waals surface area (Å²) in [5, 5.41) is 9.11. The molecule has 0 spiro atoms. The number of allylic oxidation sites excluding steroid dienone is 3. The maximum Gasteiger partial charge on any atom is 0.330 e. The van der Waals surface area contributed by atoms with E-state index in [1.54, 1.807) is 0 Å². The van der Waals surface area contributed by atoms with Crippen molar-refractivity contribution < 1.29 is 19.1 Å². The molecule has 0 aliphatic heterocycles. The average Bonchev–Trinajstić information content (AvgIpc) is 2.49. The molecule has 1 aromatic rings. The summed E-state index contributed by atoms with van der Waals surface area (Å²) in [5.74, 6) is -0.489. The van der Waals surface area contributed by atoms with Crippen molar-refractivity contribution in [1.29, 1.82) is 0 Å². The Hall–Kier alpha value is -2.30. The summed E-state index contributed by atoms with van der Waals surface area (Å²) in [7, 11) is 0. The van der Waals surface area contributed by atoms with Crippen LogP contribution in [0.15, 0.2) is 44.8 Å². The minimum Gasteiger partial charge on any atom is -0.502 e. The Morgan fingerprint density at radius 2 is 2.21 bits per heavy atom. The van der Waals surface area contributed by atoms with E-state index in [1.165, 1.54) is 29.7 Å². The van der Waals surface area contributed by atoms with Crippen LogP contribution in [0.5, 0.6) is 5.75 Å². The molecule has 130 valence electrons. The number of rotatable bonds is 5. The lowest BCUT2D eigenvalue weighted by atomic mass is 9.73. The molecule has 5 nitrogen and oxygen atoms in total. The minimum atomic E-state index is -0.510. The van der Waals surface area contributed by atoms with Gasteiger partial charge in [-0.1, -0.05) is 25.5 Å². The molecule has 2 rings (SSSR count). The fourth-order valence-corrected chi connectivity index (χ4v) is 3.04. The van der Waals surface area contributed by atoms with Crippen LogP contribution in [-0.2, 0) is 16.0 Å². The number of hydrogen-bond acceptors (Lipinski definition) is 5. The molecule has 1 N–H and O–H groups in total. The molecular formula is C19H24O5. The summed E-state index contributed by atoms with van der Waals surface area (Å²) in [6.45, 7) is 6.60. The van der Waals surface area contributed by atoms with Crippen LogP contribution in [0.1, 0.15) is 45.8 Å². The quantitative estimate of drug-likeness (QED) is 0.659. The van der Waals surface area contributed by atoms with Crippen molar-refractivity contribution in [3.63, 3.8) is 0 Å². The number of aromatic hydroxyl groups is 1. The molecule has 0 saturated heterocycles. The van der Waals surface area contributed by atoms with Gasteiger partial charge in [-0.2, -0.15) is 0 Å². The standard InChI is InChI=1S/C19H24O5/c1-13-5-4-9-19(2,3)15(13)6-7-18(22)23-10-8-14-11-16(20)17(21)12-24-14/h6-7,11-12,21H,4-5,8-10H2,1-3H3/b7-6+. The predicted molar refractivity (Wildman–Crippen MR) is 90.8 cm³/mol. The first kappa shape index (κ1) is 18.0. The first-order valence-corrected chi connectivity index (χ1v) is 8.15. The fraction of sp³-hybridized carbons (Fsp3) is 0.474. The summed E-state index contributed by atoms with van der Waals surface area (Å²) in [6, 6.07) is 1.19. The van der Waals surface area contributed by atoms with Crippen molar-refractivity contribution in [2.24, 2.45) is 5.41 Å². The maximum absolute atomic E-state index is 11.9. The van der Waals surface area contributed by atoms with E-state index >= 15 is 0 Å². The molecular weight excluding hydrogens is 308 g/mol. The largest absolute Gasteiger partial charge is 0.502 e. The van der Waals surface area contributed by atoms with Gasteiger partial charge in [0.2, 0.25) is 5.43 Å². The molecule has 0 atom stereocenters. The lowest BCUT2D eigenvalue weighted by Crippen LogP contribution is -2.19. The van der Waals surface area contributed by atoms with Crippen LogP contribution in [0.25, 0.3) is 0 Å². The van der Waals surface area contributed by atoms with Gasteiger partial charge in [-0.15, -0.1) is 0 Å². The molecule has 1 aliphatic rings. The number of carbonyl (C=O) groups is 1. The van der Waals surface area contributed by atoms with Gasteiger partial charge in [0.15, 0.2) is 5.75 Å². The Kier molecular flexibility index (Phi) is 5.65. The normalized spacial score (nSPS) is 17.3. The van der Waals surface area contributed by atoms with E-state index in [-0.39, 0.29) is 18.4 Å². The van der Waals surface area contributed by atoms with E-state index in [0.717, 1.165) is 19.1 Å². The van der Waals surface area contributed by atoms with Crippen molar-refractivity contribution >= 4 is 5.97 Å². The third-order valence-electron chi connectivity index (χ3n) is 4.39. The van der Waals surface area contributed by atoms with Crippen molar-refractivity contribution in [3.05, 3.63) is 51.6 Å². The summed E-state index contributed by atoms with van der Waals surface area (Å²) in [6.07, 6.45) is 7.94. The van der Waals surface area contributed by atoms with Crippen LogP contribution in [0.2, 0.25) is 0 Å². The third kappa shape index (κ3) is 4.60. The van der Waals surface area contributed by atoms with Crippen LogP contribution in [-0.4, -0.2) is 17.7 Å². The smallest absolute Gasteiger partial charge is 0.330 e. The number of carbonyl (C=O) groups excluding carboxylic acids is 1. The molecule has 0 unspecified atom stereocenters. The summed E-state index contributed by atoms with van der Waals surface area (Å²) in [4.78, 5) is 23.1. The molecule has 24 heavy (non-hydrogen) atoms. The Bertz CT molecular complexity index is 722. The Balaban J connectivity index is 1.89. The van der Waals surface area contributed by atoms with Gasteiger partial charge in [-0.25, -0.2) is 4.79 Å². The zero-order valence-corrected chi connectivity index (χ0v) is 14.4. The molecule has 0 radical (unpaired) electrons. The van der Waals surface area contributed by atoms with E-state index in [4.69, 9.17) is 14.3 Å². The van der Waals surface area contributed by atoms with Crippen molar-refractivity contribution in [2.45, 2.75) is 46.5 Å². The van der Waals surface area contributed by atoms with Crippen molar-refractivity contribution in [1.82, 2.24) is 0 Å². The van der Waals surface area contributed by atoms with Crippen LogP contribution >= 0.6 is 0 Å². The molecule has 0 fully saturated rings. The van der Waals surface area contributed by atoms with Gasteiger partial charge < -0.3 is 14.3 Å². The lowest BCUT2D eigenvalue weighted by Gasteiger charge is -2.32. The van der Waals surface area contributed by atoms with E-state index in [0.29, 0.717) is 5.76 Å². The molecule has 0 bridgehead atoms. The topological polar surface area (TPSA) is 76.7 Å². The van der Waals surface area contributed by atoms with Gasteiger partial charge in [-0.3, -0.25) is 4.79 Å². The number of ether oxygens (including phenoxy) is 1. The summed E-state index contributed by atoms with van der Waals surface area (Å²) < 4.78 is 10.2. The van der Waals surface area contributed by atoms with E-state index < -0.39 is 17.1 Å². The SMILES string of the molecule is CC1=C(/C=C/C(=O)OCCc2cc(=O)c(O)co2)C(C)(C)CCC1. The van der Waals surface area contributed by atoms with Gasteiger partial charge in [0.05, 0.1) is 6.61 Å². The first-order chi connectivity index (χ1) is 11.3. The van der Waals surface area contributed by atoms with Crippen molar-refractivity contribution in [3.8, 4) is 5.75 Å². The summed E-state index contributed by atoms with van der Waals surface area (Å²) in [5.41, 5.74) is 2.09. The van der Waals surface area contributed by atoms with Crippen LogP contribution in [0, 0.1) is 5.41 Å². The highest BCUT2D eigenvalue weighted by molar-refractivity contribution is 5.82. The third-order valence-corrected chi connectivity index (χ3v) is 4.39. The molecule has 0 saturated carbocycles. The number of hydrogen-bond donors (Lipinski definition) is 1. The zero-order chi connectivity index (χ0) is 17.7. The Labute approximate surface area is 141 Å². The minimum absolute atomic E-state index is 0.0779. The highest BCUT2D eigenvalue weighted by Crippen LogP contribution is 2.40. The van der Waals surface area contributed by atoms with Gasteiger partial charge in [0, 0.05) is 18.6 Å². The van der Waals surface area contributed by atoms with E-state index in [1.807, 2.05) is 6.08 Å². The highest BCUT2D eigenvalue weighted by Gasteiger charge is 2.26. The molecule has 1 heterocycles. The van der Waals surface area contributed by atoms with Gasteiger partial charge in [0.1, 0.15) is 12.0 Å². The Morgan fingerprint density at radius 3 is 2.88 bits per heavy atom. The molecule has 1 aromatic heterocycles.